The molecular formula is C17H19FN4O2. The highest BCUT2D eigenvalue weighted by atomic mass is 19.1. The molecular weight excluding hydrogens is 311 g/mol. The molecule has 1 aliphatic heterocycles. The SMILES string of the molecule is CC(=O)N1CCC(c2cc(C(=O)Nc3ccccc3F)n[nH]2)CC1. The van der Waals surface area contributed by atoms with Crippen molar-refractivity contribution in [2.75, 3.05) is 18.4 Å². The van der Waals surface area contributed by atoms with Gasteiger partial charge in [-0.25, -0.2) is 4.39 Å². The summed E-state index contributed by atoms with van der Waals surface area (Å²) in [5.41, 5.74) is 1.22. The van der Waals surface area contributed by atoms with Crippen LogP contribution in [0.4, 0.5) is 10.1 Å². The Balaban J connectivity index is 1.64. The van der Waals surface area contributed by atoms with Crippen LogP contribution >= 0.6 is 0 Å². The van der Waals surface area contributed by atoms with Crippen LogP contribution in [0, 0.1) is 5.82 Å². The number of rotatable bonds is 3. The molecule has 0 spiro atoms. The number of aromatic amines is 1. The molecule has 2 aromatic rings. The first-order chi connectivity index (χ1) is 11.5. The summed E-state index contributed by atoms with van der Waals surface area (Å²) in [7, 11) is 0. The summed E-state index contributed by atoms with van der Waals surface area (Å²) < 4.78 is 13.6. The lowest BCUT2D eigenvalue weighted by Crippen LogP contribution is -2.36. The van der Waals surface area contributed by atoms with Crippen LogP contribution in [0.1, 0.15) is 41.9 Å². The molecule has 24 heavy (non-hydrogen) atoms. The van der Waals surface area contributed by atoms with Gasteiger partial charge in [0.15, 0.2) is 5.69 Å². The largest absolute Gasteiger partial charge is 0.343 e. The first kappa shape index (κ1) is 16.2. The average molecular weight is 330 g/mol. The topological polar surface area (TPSA) is 78.1 Å². The average Bonchev–Trinajstić information content (AvgIpc) is 3.07. The van der Waals surface area contributed by atoms with Crippen molar-refractivity contribution in [3.05, 3.63) is 47.5 Å². The number of benzene rings is 1. The van der Waals surface area contributed by atoms with Gasteiger partial charge in [0.2, 0.25) is 5.91 Å². The Kier molecular flexibility index (Phi) is 4.59. The van der Waals surface area contributed by atoms with Crippen LogP contribution in [-0.4, -0.2) is 40.0 Å². The first-order valence-corrected chi connectivity index (χ1v) is 7.91. The van der Waals surface area contributed by atoms with Gasteiger partial charge in [0.05, 0.1) is 5.69 Å². The van der Waals surface area contributed by atoms with Gasteiger partial charge in [0, 0.05) is 31.6 Å². The smallest absolute Gasteiger partial charge is 0.276 e. The van der Waals surface area contributed by atoms with Crippen molar-refractivity contribution in [2.24, 2.45) is 0 Å². The second kappa shape index (κ2) is 6.82. The molecule has 0 unspecified atom stereocenters. The fourth-order valence-corrected chi connectivity index (χ4v) is 2.92. The van der Waals surface area contributed by atoms with E-state index in [1.807, 2.05) is 4.90 Å². The van der Waals surface area contributed by atoms with Crippen LogP contribution in [0.5, 0.6) is 0 Å². The molecule has 1 aromatic carbocycles. The van der Waals surface area contributed by atoms with Crippen molar-refractivity contribution in [2.45, 2.75) is 25.7 Å². The van der Waals surface area contributed by atoms with Gasteiger partial charge in [0.25, 0.3) is 5.91 Å². The summed E-state index contributed by atoms with van der Waals surface area (Å²) in [5, 5.41) is 9.44. The highest BCUT2D eigenvalue weighted by Gasteiger charge is 2.24. The number of hydrogen-bond donors (Lipinski definition) is 2. The molecule has 6 nitrogen and oxygen atoms in total. The zero-order valence-corrected chi connectivity index (χ0v) is 13.4. The van der Waals surface area contributed by atoms with Crippen molar-refractivity contribution >= 4 is 17.5 Å². The molecule has 126 valence electrons. The minimum atomic E-state index is -0.488. The van der Waals surface area contributed by atoms with Gasteiger partial charge in [-0.05, 0) is 31.0 Å². The fourth-order valence-electron chi connectivity index (χ4n) is 2.92. The maximum Gasteiger partial charge on any atom is 0.276 e. The van der Waals surface area contributed by atoms with Crippen LogP contribution < -0.4 is 5.32 Å². The predicted molar refractivity (Wildman–Crippen MR) is 87.2 cm³/mol. The van der Waals surface area contributed by atoms with Crippen molar-refractivity contribution in [3.8, 4) is 0 Å². The molecule has 0 aliphatic carbocycles. The van der Waals surface area contributed by atoms with E-state index in [1.54, 1.807) is 25.1 Å². The molecule has 7 heteroatoms. The fraction of sp³-hybridized carbons (Fsp3) is 0.353. The van der Waals surface area contributed by atoms with Crippen LogP contribution in [0.25, 0.3) is 0 Å². The number of carbonyl (C=O) groups excluding carboxylic acids is 2. The Bertz CT molecular complexity index is 751. The molecule has 2 amide bonds. The Labute approximate surface area is 139 Å². The van der Waals surface area contributed by atoms with Gasteiger partial charge in [-0.2, -0.15) is 5.10 Å². The number of anilines is 1. The summed E-state index contributed by atoms with van der Waals surface area (Å²) in [4.78, 5) is 25.4. The normalized spacial score (nSPS) is 15.3. The Morgan fingerprint density at radius 1 is 1.29 bits per heavy atom. The lowest BCUT2D eigenvalue weighted by atomic mass is 9.93. The minimum absolute atomic E-state index is 0.0861. The molecule has 2 N–H and O–H groups in total. The molecule has 0 atom stereocenters. The number of hydrogen-bond acceptors (Lipinski definition) is 3. The molecule has 0 bridgehead atoms. The summed E-state index contributed by atoms with van der Waals surface area (Å²) in [5.74, 6) is -0.617. The molecule has 0 radical (unpaired) electrons. The van der Waals surface area contributed by atoms with E-state index in [0.717, 1.165) is 18.5 Å². The lowest BCUT2D eigenvalue weighted by molar-refractivity contribution is -0.129. The summed E-state index contributed by atoms with van der Waals surface area (Å²) in [6, 6.07) is 7.69. The van der Waals surface area contributed by atoms with Crippen molar-refractivity contribution in [3.63, 3.8) is 0 Å². The number of carbonyl (C=O) groups is 2. The van der Waals surface area contributed by atoms with Gasteiger partial charge in [0.1, 0.15) is 5.82 Å². The third-order valence-electron chi connectivity index (χ3n) is 4.33. The number of piperidine rings is 1. The van der Waals surface area contributed by atoms with E-state index in [2.05, 4.69) is 15.5 Å². The molecule has 1 aliphatic rings. The van der Waals surface area contributed by atoms with Crippen LogP contribution in [0.2, 0.25) is 0 Å². The number of halogens is 1. The third-order valence-corrected chi connectivity index (χ3v) is 4.33. The standard InChI is InChI=1S/C17H19FN4O2/c1-11(23)22-8-6-12(7-9-22)15-10-16(21-20-15)17(24)19-14-5-3-2-4-13(14)18/h2-5,10,12H,6-9H2,1H3,(H,19,24)(H,20,21). The third kappa shape index (κ3) is 3.45. The van der Waals surface area contributed by atoms with Gasteiger partial charge >= 0.3 is 0 Å². The van der Waals surface area contributed by atoms with E-state index in [1.165, 1.54) is 12.1 Å². The lowest BCUT2D eigenvalue weighted by Gasteiger charge is -2.30. The van der Waals surface area contributed by atoms with E-state index >= 15 is 0 Å². The highest BCUT2D eigenvalue weighted by molar-refractivity contribution is 6.02. The Morgan fingerprint density at radius 3 is 2.67 bits per heavy atom. The first-order valence-electron chi connectivity index (χ1n) is 7.91. The van der Waals surface area contributed by atoms with E-state index in [4.69, 9.17) is 0 Å². The monoisotopic (exact) mass is 330 g/mol. The second-order valence-corrected chi connectivity index (χ2v) is 5.92. The Morgan fingerprint density at radius 2 is 2.00 bits per heavy atom. The number of nitrogens with one attached hydrogen (secondary N) is 2. The molecule has 1 saturated heterocycles. The van der Waals surface area contributed by atoms with Gasteiger partial charge in [-0.15, -0.1) is 0 Å². The number of nitrogens with zero attached hydrogens (tertiary/aromatic N) is 2. The van der Waals surface area contributed by atoms with Crippen molar-refractivity contribution in [1.82, 2.24) is 15.1 Å². The van der Waals surface area contributed by atoms with E-state index in [9.17, 15) is 14.0 Å². The number of H-pyrrole nitrogens is 1. The Hall–Kier alpha value is -2.70. The molecule has 2 heterocycles. The van der Waals surface area contributed by atoms with Crippen molar-refractivity contribution in [1.29, 1.82) is 0 Å². The highest BCUT2D eigenvalue weighted by Crippen LogP contribution is 2.27. The molecule has 3 rings (SSSR count). The maximum absolute atomic E-state index is 13.6. The maximum atomic E-state index is 13.6. The van der Waals surface area contributed by atoms with Gasteiger partial charge in [-0.3, -0.25) is 14.7 Å². The van der Waals surface area contributed by atoms with E-state index < -0.39 is 11.7 Å². The van der Waals surface area contributed by atoms with E-state index in [0.29, 0.717) is 13.1 Å². The predicted octanol–water partition coefficient (Wildman–Crippen LogP) is 2.53. The molecule has 1 fully saturated rings. The zero-order valence-electron chi connectivity index (χ0n) is 13.4. The van der Waals surface area contributed by atoms with Crippen LogP contribution in [0.15, 0.2) is 30.3 Å². The number of amides is 2. The van der Waals surface area contributed by atoms with Gasteiger partial charge in [-0.1, -0.05) is 12.1 Å². The van der Waals surface area contributed by atoms with E-state index in [-0.39, 0.29) is 23.2 Å². The summed E-state index contributed by atoms with van der Waals surface area (Å²) in [6.45, 7) is 2.98. The minimum Gasteiger partial charge on any atom is -0.343 e. The number of likely N-dealkylation sites (tertiary alicyclic amines) is 1. The second-order valence-electron chi connectivity index (χ2n) is 5.92. The molecule has 0 saturated carbocycles. The number of para-hydroxylation sites is 1. The zero-order chi connectivity index (χ0) is 17.1. The van der Waals surface area contributed by atoms with Crippen LogP contribution in [-0.2, 0) is 4.79 Å². The number of aromatic nitrogens is 2. The summed E-state index contributed by atoms with van der Waals surface area (Å²) >= 11 is 0. The van der Waals surface area contributed by atoms with Crippen LogP contribution in [0.3, 0.4) is 0 Å². The van der Waals surface area contributed by atoms with Crippen molar-refractivity contribution < 1.29 is 14.0 Å². The quantitative estimate of drug-likeness (QED) is 0.908. The molecule has 1 aromatic heterocycles. The van der Waals surface area contributed by atoms with Gasteiger partial charge < -0.3 is 10.2 Å². The summed E-state index contributed by atoms with van der Waals surface area (Å²) in [6.07, 6.45) is 1.66.